The molecule has 0 aliphatic heterocycles. The SMILES string of the molecule is Cc1ccc(OCC(=O)N(C)Cc2cccc([N+](=O)[O-])c2)c(C)c1. The van der Waals surface area contributed by atoms with E-state index in [1.165, 1.54) is 17.0 Å². The Labute approximate surface area is 140 Å². The van der Waals surface area contributed by atoms with Gasteiger partial charge < -0.3 is 9.64 Å². The molecule has 0 saturated heterocycles. The molecule has 0 spiro atoms. The van der Waals surface area contributed by atoms with Crippen LogP contribution in [0.25, 0.3) is 0 Å². The van der Waals surface area contributed by atoms with Crippen LogP contribution in [-0.4, -0.2) is 29.4 Å². The highest BCUT2D eigenvalue weighted by Gasteiger charge is 2.13. The van der Waals surface area contributed by atoms with Crippen LogP contribution in [0.2, 0.25) is 0 Å². The Balaban J connectivity index is 1.94. The van der Waals surface area contributed by atoms with Crippen molar-refractivity contribution in [3.05, 3.63) is 69.3 Å². The van der Waals surface area contributed by atoms with Crippen LogP contribution >= 0.6 is 0 Å². The summed E-state index contributed by atoms with van der Waals surface area (Å²) < 4.78 is 5.57. The van der Waals surface area contributed by atoms with Gasteiger partial charge in [0.2, 0.25) is 0 Å². The number of hydrogen-bond acceptors (Lipinski definition) is 4. The van der Waals surface area contributed by atoms with Gasteiger partial charge in [0.1, 0.15) is 5.75 Å². The largest absolute Gasteiger partial charge is 0.484 e. The zero-order valence-corrected chi connectivity index (χ0v) is 14.0. The number of carbonyl (C=O) groups excluding carboxylic acids is 1. The molecule has 0 radical (unpaired) electrons. The van der Waals surface area contributed by atoms with E-state index < -0.39 is 4.92 Å². The van der Waals surface area contributed by atoms with Gasteiger partial charge in [-0.05, 0) is 31.0 Å². The van der Waals surface area contributed by atoms with Crippen LogP contribution in [0, 0.1) is 24.0 Å². The van der Waals surface area contributed by atoms with Crippen molar-refractivity contribution < 1.29 is 14.5 Å². The summed E-state index contributed by atoms with van der Waals surface area (Å²) in [5.41, 5.74) is 2.82. The van der Waals surface area contributed by atoms with Gasteiger partial charge in [0.05, 0.1) is 4.92 Å². The normalized spacial score (nSPS) is 10.3. The molecule has 0 aliphatic carbocycles. The summed E-state index contributed by atoms with van der Waals surface area (Å²) in [6.07, 6.45) is 0. The van der Waals surface area contributed by atoms with Gasteiger partial charge in [-0.15, -0.1) is 0 Å². The molecular formula is C18H20N2O4. The summed E-state index contributed by atoms with van der Waals surface area (Å²) >= 11 is 0. The Kier molecular flexibility index (Phi) is 5.52. The van der Waals surface area contributed by atoms with Gasteiger partial charge in [0.25, 0.3) is 11.6 Å². The first-order chi connectivity index (χ1) is 11.4. The molecule has 2 aromatic carbocycles. The Morgan fingerprint density at radius 1 is 1.21 bits per heavy atom. The number of nitrogens with zero attached hydrogens (tertiary/aromatic N) is 2. The van der Waals surface area contributed by atoms with E-state index >= 15 is 0 Å². The van der Waals surface area contributed by atoms with E-state index in [1.54, 1.807) is 19.2 Å². The molecule has 2 aromatic rings. The highest BCUT2D eigenvalue weighted by molar-refractivity contribution is 5.77. The van der Waals surface area contributed by atoms with E-state index in [9.17, 15) is 14.9 Å². The highest BCUT2D eigenvalue weighted by atomic mass is 16.6. The van der Waals surface area contributed by atoms with Crippen molar-refractivity contribution in [2.24, 2.45) is 0 Å². The lowest BCUT2D eigenvalue weighted by atomic mass is 10.1. The lowest BCUT2D eigenvalue weighted by Gasteiger charge is -2.18. The summed E-state index contributed by atoms with van der Waals surface area (Å²) in [6.45, 7) is 4.14. The van der Waals surface area contributed by atoms with Gasteiger partial charge in [0.15, 0.2) is 6.61 Å². The van der Waals surface area contributed by atoms with Gasteiger partial charge in [-0.25, -0.2) is 0 Å². The van der Waals surface area contributed by atoms with Crippen LogP contribution in [0.4, 0.5) is 5.69 Å². The lowest BCUT2D eigenvalue weighted by molar-refractivity contribution is -0.384. The third kappa shape index (κ3) is 4.55. The maximum absolute atomic E-state index is 12.2. The number of carbonyl (C=O) groups is 1. The van der Waals surface area contributed by atoms with Crippen molar-refractivity contribution in [1.29, 1.82) is 0 Å². The Morgan fingerprint density at radius 2 is 1.96 bits per heavy atom. The van der Waals surface area contributed by atoms with Gasteiger partial charge in [-0.3, -0.25) is 14.9 Å². The zero-order chi connectivity index (χ0) is 17.7. The minimum absolute atomic E-state index is 0.0138. The first-order valence-electron chi connectivity index (χ1n) is 7.54. The monoisotopic (exact) mass is 328 g/mol. The molecule has 6 nitrogen and oxygen atoms in total. The minimum Gasteiger partial charge on any atom is -0.484 e. The van der Waals surface area contributed by atoms with Crippen LogP contribution in [0.5, 0.6) is 5.75 Å². The summed E-state index contributed by atoms with van der Waals surface area (Å²) in [4.78, 5) is 24.0. The Bertz CT molecular complexity index is 758. The van der Waals surface area contributed by atoms with Crippen molar-refractivity contribution in [3.63, 3.8) is 0 Å². The number of non-ortho nitro benzene ring substituents is 1. The molecular weight excluding hydrogens is 308 g/mol. The van der Waals surface area contributed by atoms with Crippen molar-refractivity contribution in [1.82, 2.24) is 4.90 Å². The Hall–Kier alpha value is -2.89. The van der Waals surface area contributed by atoms with Crippen molar-refractivity contribution in [3.8, 4) is 5.75 Å². The van der Waals surface area contributed by atoms with Gasteiger partial charge in [-0.2, -0.15) is 0 Å². The highest BCUT2D eigenvalue weighted by Crippen LogP contribution is 2.19. The van der Waals surface area contributed by atoms with E-state index in [1.807, 2.05) is 32.0 Å². The number of nitro benzene ring substituents is 1. The van der Waals surface area contributed by atoms with Crippen LogP contribution in [0.1, 0.15) is 16.7 Å². The molecule has 0 fully saturated rings. The number of ether oxygens (including phenoxy) is 1. The maximum Gasteiger partial charge on any atom is 0.269 e. The molecule has 0 unspecified atom stereocenters. The second-order valence-electron chi connectivity index (χ2n) is 5.73. The smallest absolute Gasteiger partial charge is 0.269 e. The number of amides is 1. The van der Waals surface area contributed by atoms with E-state index in [4.69, 9.17) is 4.74 Å². The molecule has 0 N–H and O–H groups in total. The van der Waals surface area contributed by atoms with Crippen molar-refractivity contribution in [2.45, 2.75) is 20.4 Å². The second-order valence-corrected chi connectivity index (χ2v) is 5.73. The predicted molar refractivity (Wildman–Crippen MR) is 91.0 cm³/mol. The van der Waals surface area contributed by atoms with Crippen LogP contribution in [-0.2, 0) is 11.3 Å². The molecule has 24 heavy (non-hydrogen) atoms. The fourth-order valence-corrected chi connectivity index (χ4v) is 2.34. The average molecular weight is 328 g/mol. The Morgan fingerprint density at radius 3 is 2.62 bits per heavy atom. The standard InChI is InChI=1S/C18H20N2O4/c1-13-7-8-17(14(2)9-13)24-12-18(21)19(3)11-15-5-4-6-16(10-15)20(22)23/h4-10H,11-12H2,1-3H3. The number of rotatable bonds is 6. The third-order valence-electron chi connectivity index (χ3n) is 3.65. The van der Waals surface area contributed by atoms with E-state index in [0.29, 0.717) is 11.3 Å². The van der Waals surface area contributed by atoms with E-state index in [0.717, 1.165) is 11.1 Å². The summed E-state index contributed by atoms with van der Waals surface area (Å²) in [5.74, 6) is 0.485. The number of likely N-dealkylation sites (N-methyl/N-ethyl adjacent to an activating group) is 1. The molecule has 1 amide bonds. The molecule has 126 valence electrons. The topological polar surface area (TPSA) is 72.7 Å². The molecule has 0 aromatic heterocycles. The van der Waals surface area contributed by atoms with Gasteiger partial charge >= 0.3 is 0 Å². The van der Waals surface area contributed by atoms with Gasteiger partial charge in [0, 0.05) is 25.7 Å². The molecule has 0 saturated carbocycles. The number of aryl methyl sites for hydroxylation is 2. The number of benzene rings is 2. The molecule has 0 bridgehead atoms. The lowest BCUT2D eigenvalue weighted by Crippen LogP contribution is -2.31. The fraction of sp³-hybridized carbons (Fsp3) is 0.278. The fourth-order valence-electron chi connectivity index (χ4n) is 2.34. The third-order valence-corrected chi connectivity index (χ3v) is 3.65. The first kappa shape index (κ1) is 17.5. The van der Waals surface area contributed by atoms with E-state index in [-0.39, 0.29) is 24.7 Å². The predicted octanol–water partition coefficient (Wildman–Crippen LogP) is 3.25. The van der Waals surface area contributed by atoms with E-state index in [2.05, 4.69) is 0 Å². The second kappa shape index (κ2) is 7.59. The van der Waals surface area contributed by atoms with Crippen LogP contribution in [0.15, 0.2) is 42.5 Å². The quantitative estimate of drug-likeness (QED) is 0.603. The minimum atomic E-state index is -0.450. The molecule has 6 heteroatoms. The van der Waals surface area contributed by atoms with Crippen molar-refractivity contribution in [2.75, 3.05) is 13.7 Å². The molecule has 2 rings (SSSR count). The summed E-state index contributed by atoms with van der Waals surface area (Å²) in [7, 11) is 1.65. The summed E-state index contributed by atoms with van der Waals surface area (Å²) in [6, 6.07) is 12.0. The summed E-state index contributed by atoms with van der Waals surface area (Å²) in [5, 5.41) is 10.8. The number of hydrogen-bond donors (Lipinski definition) is 0. The number of nitro groups is 1. The molecule has 0 atom stereocenters. The zero-order valence-electron chi connectivity index (χ0n) is 14.0. The van der Waals surface area contributed by atoms with Crippen LogP contribution < -0.4 is 4.74 Å². The maximum atomic E-state index is 12.2. The molecule has 0 aliphatic rings. The molecule has 0 heterocycles. The van der Waals surface area contributed by atoms with Gasteiger partial charge in [-0.1, -0.05) is 29.8 Å². The van der Waals surface area contributed by atoms with Crippen molar-refractivity contribution >= 4 is 11.6 Å². The van der Waals surface area contributed by atoms with Crippen LogP contribution in [0.3, 0.4) is 0 Å². The average Bonchev–Trinajstić information content (AvgIpc) is 2.54. The first-order valence-corrected chi connectivity index (χ1v) is 7.54.